The molecule has 5 heteroatoms. The van der Waals surface area contributed by atoms with E-state index in [0.717, 1.165) is 77.0 Å². The van der Waals surface area contributed by atoms with E-state index in [-0.39, 0.29) is 0 Å². The Bertz CT molecular complexity index is 2770. The Balaban J connectivity index is 1.33. The number of nitrogens with zero attached hydrogens (tertiary/aromatic N) is 3. The maximum absolute atomic E-state index is 6.50. The van der Waals surface area contributed by atoms with Crippen molar-refractivity contribution in [2.45, 2.75) is 0 Å². The van der Waals surface area contributed by atoms with E-state index in [1.165, 1.54) is 0 Å². The minimum Gasteiger partial charge on any atom is -0.455 e. The Labute approximate surface area is 256 Å². The Hall–Kier alpha value is -6.20. The molecule has 0 fully saturated rings. The minimum absolute atomic E-state index is 0.638. The van der Waals surface area contributed by atoms with Crippen LogP contribution in [0.4, 0.5) is 0 Å². The van der Waals surface area contributed by atoms with Gasteiger partial charge in [-0.15, -0.1) is 0 Å². The van der Waals surface area contributed by atoms with Gasteiger partial charge in [0, 0.05) is 43.7 Å². The van der Waals surface area contributed by atoms with E-state index in [4.69, 9.17) is 18.8 Å². The molecule has 5 nitrogen and oxygen atoms in total. The van der Waals surface area contributed by atoms with Crippen molar-refractivity contribution in [1.82, 2.24) is 14.5 Å². The van der Waals surface area contributed by atoms with E-state index in [2.05, 4.69) is 102 Å². The fourth-order valence-corrected chi connectivity index (χ4v) is 6.89. The third-order valence-corrected chi connectivity index (χ3v) is 8.83. The number of benzene rings is 6. The molecule has 0 saturated heterocycles. The molecule has 0 saturated carbocycles. The first kappa shape index (κ1) is 24.3. The lowest BCUT2D eigenvalue weighted by atomic mass is 10.0. The number of rotatable bonds is 3. The summed E-state index contributed by atoms with van der Waals surface area (Å²) in [5.41, 5.74) is 9.70. The molecular formula is C40H23N3O2. The van der Waals surface area contributed by atoms with Crippen LogP contribution >= 0.6 is 0 Å². The molecule has 6 aromatic carbocycles. The highest BCUT2D eigenvalue weighted by molar-refractivity contribution is 6.17. The first-order valence-corrected chi connectivity index (χ1v) is 15.0. The quantitative estimate of drug-likeness (QED) is 0.210. The number of fused-ring (bicyclic) bond motifs is 9. The summed E-state index contributed by atoms with van der Waals surface area (Å²) in [5.74, 6) is 0.638. The van der Waals surface area contributed by atoms with Crippen molar-refractivity contribution >= 4 is 65.8 Å². The summed E-state index contributed by atoms with van der Waals surface area (Å²) < 4.78 is 15.3. The second-order valence-corrected chi connectivity index (χ2v) is 11.3. The van der Waals surface area contributed by atoms with Crippen LogP contribution in [0.3, 0.4) is 0 Å². The molecule has 210 valence electrons. The predicted molar refractivity (Wildman–Crippen MR) is 182 cm³/mol. The maximum Gasteiger partial charge on any atom is 0.180 e. The van der Waals surface area contributed by atoms with Gasteiger partial charge in [0.05, 0.1) is 11.0 Å². The van der Waals surface area contributed by atoms with Gasteiger partial charge in [0.2, 0.25) is 0 Å². The van der Waals surface area contributed by atoms with Crippen molar-refractivity contribution in [2.24, 2.45) is 0 Å². The molecular weight excluding hydrogens is 554 g/mol. The van der Waals surface area contributed by atoms with Gasteiger partial charge in [-0.1, -0.05) is 91.0 Å². The van der Waals surface area contributed by atoms with E-state index >= 15 is 0 Å². The lowest BCUT2D eigenvalue weighted by Gasteiger charge is -2.09. The zero-order valence-electron chi connectivity index (χ0n) is 23.9. The summed E-state index contributed by atoms with van der Waals surface area (Å²) >= 11 is 0. The Morgan fingerprint density at radius 2 is 1.07 bits per heavy atom. The van der Waals surface area contributed by atoms with Crippen LogP contribution in [0.5, 0.6) is 0 Å². The van der Waals surface area contributed by atoms with Crippen LogP contribution in [-0.2, 0) is 0 Å². The average molecular weight is 578 g/mol. The van der Waals surface area contributed by atoms with Gasteiger partial charge in [-0.2, -0.15) is 0 Å². The second-order valence-electron chi connectivity index (χ2n) is 11.3. The van der Waals surface area contributed by atoms with Gasteiger partial charge in [-0.25, -0.2) is 9.97 Å². The minimum atomic E-state index is 0.638. The first-order valence-electron chi connectivity index (χ1n) is 15.0. The topological polar surface area (TPSA) is 57.0 Å². The highest BCUT2D eigenvalue weighted by Gasteiger charge is 2.23. The summed E-state index contributed by atoms with van der Waals surface area (Å²) in [7, 11) is 0. The van der Waals surface area contributed by atoms with E-state index in [1.54, 1.807) is 0 Å². The first-order chi connectivity index (χ1) is 22.3. The standard InChI is InChI=1S/C40H23N3O2/c1-2-12-24(13-3-1)43-31-20-7-4-15-27(31)35-29(18-11-21-32(35)43)40-41-36-28-16-6-9-23-34(28)45-39(36)37(42-40)30-19-10-17-26-25-14-5-8-22-33(25)44-38(26)30/h1-23H. The predicted octanol–water partition coefficient (Wildman–Crippen LogP) is 10.7. The molecule has 0 aliphatic carbocycles. The number of para-hydroxylation sites is 5. The molecule has 10 rings (SSSR count). The zero-order valence-corrected chi connectivity index (χ0v) is 23.9. The molecule has 45 heavy (non-hydrogen) atoms. The smallest absolute Gasteiger partial charge is 0.180 e. The fourth-order valence-electron chi connectivity index (χ4n) is 6.89. The molecule has 10 aromatic rings. The molecule has 0 aliphatic rings. The van der Waals surface area contributed by atoms with Gasteiger partial charge in [0.15, 0.2) is 11.4 Å². The molecule has 4 aromatic heterocycles. The van der Waals surface area contributed by atoms with Crippen molar-refractivity contribution in [3.8, 4) is 28.3 Å². The summed E-state index contributed by atoms with van der Waals surface area (Å²) in [4.78, 5) is 10.6. The molecule has 4 heterocycles. The molecule has 0 amide bonds. The number of hydrogen-bond acceptors (Lipinski definition) is 4. The van der Waals surface area contributed by atoms with Gasteiger partial charge >= 0.3 is 0 Å². The maximum atomic E-state index is 6.50. The van der Waals surface area contributed by atoms with Crippen molar-refractivity contribution in [3.05, 3.63) is 140 Å². The monoisotopic (exact) mass is 577 g/mol. The molecule has 0 N–H and O–H groups in total. The van der Waals surface area contributed by atoms with Crippen molar-refractivity contribution in [3.63, 3.8) is 0 Å². The van der Waals surface area contributed by atoms with Gasteiger partial charge < -0.3 is 13.4 Å². The van der Waals surface area contributed by atoms with E-state index in [1.807, 2.05) is 42.5 Å². The van der Waals surface area contributed by atoms with Crippen LogP contribution in [0.25, 0.3) is 94.1 Å². The lowest BCUT2D eigenvalue weighted by Crippen LogP contribution is -1.96. The molecule has 0 unspecified atom stereocenters. The summed E-state index contributed by atoms with van der Waals surface area (Å²) in [6.45, 7) is 0. The van der Waals surface area contributed by atoms with Crippen LogP contribution in [0.2, 0.25) is 0 Å². The van der Waals surface area contributed by atoms with Gasteiger partial charge in [-0.05, 0) is 48.5 Å². The van der Waals surface area contributed by atoms with E-state index in [0.29, 0.717) is 17.1 Å². The Morgan fingerprint density at radius 3 is 1.93 bits per heavy atom. The number of furan rings is 2. The van der Waals surface area contributed by atoms with Crippen LogP contribution in [0, 0.1) is 0 Å². The molecule has 0 spiro atoms. The largest absolute Gasteiger partial charge is 0.455 e. The normalized spacial score (nSPS) is 12.0. The molecule has 0 aliphatic heterocycles. The van der Waals surface area contributed by atoms with Crippen LogP contribution in [0.1, 0.15) is 0 Å². The third-order valence-electron chi connectivity index (χ3n) is 8.83. The van der Waals surface area contributed by atoms with Crippen LogP contribution < -0.4 is 0 Å². The van der Waals surface area contributed by atoms with Gasteiger partial charge in [0.1, 0.15) is 28.0 Å². The molecule has 0 bridgehead atoms. The molecule has 0 atom stereocenters. The van der Waals surface area contributed by atoms with Crippen LogP contribution in [0.15, 0.2) is 148 Å². The van der Waals surface area contributed by atoms with E-state index < -0.39 is 0 Å². The summed E-state index contributed by atoms with van der Waals surface area (Å²) in [6.07, 6.45) is 0. The molecule has 0 radical (unpaired) electrons. The summed E-state index contributed by atoms with van der Waals surface area (Å²) in [5, 5.41) is 5.32. The van der Waals surface area contributed by atoms with E-state index in [9.17, 15) is 0 Å². The highest BCUT2D eigenvalue weighted by Crippen LogP contribution is 2.42. The van der Waals surface area contributed by atoms with Crippen molar-refractivity contribution < 1.29 is 8.83 Å². The average Bonchev–Trinajstić information content (AvgIpc) is 3.78. The second kappa shape index (κ2) is 9.15. The fraction of sp³-hybridized carbons (Fsp3) is 0. The zero-order chi connectivity index (χ0) is 29.5. The number of hydrogen-bond donors (Lipinski definition) is 0. The third kappa shape index (κ3) is 3.43. The van der Waals surface area contributed by atoms with Crippen molar-refractivity contribution in [2.75, 3.05) is 0 Å². The number of aromatic nitrogens is 3. The van der Waals surface area contributed by atoms with Gasteiger partial charge in [0.25, 0.3) is 0 Å². The lowest BCUT2D eigenvalue weighted by molar-refractivity contribution is 0.663. The van der Waals surface area contributed by atoms with Gasteiger partial charge in [-0.3, -0.25) is 0 Å². The van der Waals surface area contributed by atoms with Crippen molar-refractivity contribution in [1.29, 1.82) is 0 Å². The SMILES string of the molecule is c1ccc(-n2c3ccccc3c3c(-c4nc(-c5cccc6c5oc5ccccc56)c5oc6ccccc6c5n4)cccc32)cc1. The Morgan fingerprint density at radius 1 is 0.444 bits per heavy atom. The summed E-state index contributed by atoms with van der Waals surface area (Å²) in [6, 6.07) is 47.8. The Kier molecular flexibility index (Phi) is 4.93. The highest BCUT2D eigenvalue weighted by atomic mass is 16.3. The van der Waals surface area contributed by atoms with Crippen LogP contribution in [-0.4, -0.2) is 14.5 Å².